The summed E-state index contributed by atoms with van der Waals surface area (Å²) in [6.45, 7) is 4.56. The normalized spacial score (nSPS) is 14.4. The first-order valence-electron chi connectivity index (χ1n) is 7.65. The number of pyridine rings is 1. The van der Waals surface area contributed by atoms with Gasteiger partial charge in [-0.1, -0.05) is 41.0 Å². The van der Waals surface area contributed by atoms with Crippen molar-refractivity contribution >= 4 is 40.6 Å². The minimum absolute atomic E-state index is 0.546. The topological polar surface area (TPSA) is 48.0 Å². The van der Waals surface area contributed by atoms with E-state index in [9.17, 15) is 0 Å². The number of nitrogens with zero attached hydrogens (tertiary/aromatic N) is 5. The van der Waals surface area contributed by atoms with Gasteiger partial charge in [-0.15, -0.1) is 16.8 Å². The van der Waals surface area contributed by atoms with Crippen LogP contribution in [0, 0.1) is 0 Å². The van der Waals surface area contributed by atoms with Crippen LogP contribution in [-0.2, 0) is 12.3 Å². The summed E-state index contributed by atoms with van der Waals surface area (Å²) in [5.41, 5.74) is 1.63. The number of imidazole rings is 1. The molecule has 0 radical (unpaired) electrons. The largest absolute Gasteiger partial charge is 0.304 e. The van der Waals surface area contributed by atoms with Gasteiger partial charge in [-0.3, -0.25) is 0 Å². The van der Waals surface area contributed by atoms with E-state index >= 15 is 0 Å². The predicted molar refractivity (Wildman–Crippen MR) is 97.0 cm³/mol. The van der Waals surface area contributed by atoms with E-state index in [1.54, 1.807) is 24.0 Å². The van der Waals surface area contributed by atoms with Gasteiger partial charge in [0, 0.05) is 30.6 Å². The lowest BCUT2D eigenvalue weighted by molar-refractivity contribution is 0.681. The number of thioether (sulfide) groups is 1. The van der Waals surface area contributed by atoms with Crippen LogP contribution in [0.25, 0.3) is 5.65 Å². The van der Waals surface area contributed by atoms with E-state index in [2.05, 4.69) is 26.3 Å². The summed E-state index contributed by atoms with van der Waals surface area (Å²) in [6, 6.07) is 1.70. The molecule has 124 valence electrons. The Hall–Kier alpha value is -1.50. The van der Waals surface area contributed by atoms with Gasteiger partial charge < -0.3 is 8.97 Å². The second-order valence-corrected chi connectivity index (χ2v) is 7.56. The van der Waals surface area contributed by atoms with Gasteiger partial charge in [-0.25, -0.2) is 4.98 Å². The van der Waals surface area contributed by atoms with Crippen molar-refractivity contribution in [1.29, 1.82) is 0 Å². The van der Waals surface area contributed by atoms with E-state index in [1.165, 1.54) is 12.8 Å². The molecule has 4 rings (SSSR count). The van der Waals surface area contributed by atoms with Gasteiger partial charge in [-0.2, -0.15) is 0 Å². The van der Waals surface area contributed by atoms with Crippen LogP contribution < -0.4 is 0 Å². The second-order valence-electron chi connectivity index (χ2n) is 5.77. The minimum atomic E-state index is 0.546. The quantitative estimate of drug-likeness (QED) is 0.464. The second kappa shape index (κ2) is 6.43. The number of fused-ring (bicyclic) bond motifs is 1. The van der Waals surface area contributed by atoms with Crippen molar-refractivity contribution in [1.82, 2.24) is 24.1 Å². The lowest BCUT2D eigenvalue weighted by Gasteiger charge is -2.05. The highest BCUT2D eigenvalue weighted by Gasteiger charge is 2.30. The van der Waals surface area contributed by atoms with Crippen molar-refractivity contribution in [2.24, 2.45) is 0 Å². The zero-order valence-electron chi connectivity index (χ0n) is 12.8. The van der Waals surface area contributed by atoms with E-state index in [4.69, 9.17) is 23.2 Å². The van der Waals surface area contributed by atoms with Crippen LogP contribution in [0.4, 0.5) is 0 Å². The Morgan fingerprint density at radius 2 is 2.12 bits per heavy atom. The van der Waals surface area contributed by atoms with Crippen LogP contribution in [0.5, 0.6) is 0 Å². The third kappa shape index (κ3) is 3.06. The molecule has 0 amide bonds. The molecular weight excluding hydrogens is 365 g/mol. The fraction of sp³-hybridized carbons (Fsp3) is 0.312. The van der Waals surface area contributed by atoms with Crippen LogP contribution in [-0.4, -0.2) is 24.1 Å². The minimum Gasteiger partial charge on any atom is -0.304 e. The average Bonchev–Trinajstić information content (AvgIpc) is 3.18. The Morgan fingerprint density at radius 3 is 2.88 bits per heavy atom. The molecule has 0 N–H and O–H groups in total. The summed E-state index contributed by atoms with van der Waals surface area (Å²) < 4.78 is 4.00. The molecule has 3 heterocycles. The van der Waals surface area contributed by atoms with Crippen molar-refractivity contribution in [3.05, 3.63) is 52.7 Å². The predicted octanol–water partition coefficient (Wildman–Crippen LogP) is 4.59. The highest BCUT2D eigenvalue weighted by atomic mass is 35.5. The van der Waals surface area contributed by atoms with Crippen molar-refractivity contribution in [2.45, 2.75) is 36.2 Å². The van der Waals surface area contributed by atoms with Crippen LogP contribution >= 0.6 is 35.0 Å². The molecule has 1 aliphatic carbocycles. The lowest BCUT2D eigenvalue weighted by atomic mass is 10.4. The lowest BCUT2D eigenvalue weighted by Crippen LogP contribution is -2.02. The van der Waals surface area contributed by atoms with Crippen molar-refractivity contribution in [2.75, 3.05) is 0 Å². The first kappa shape index (κ1) is 16.0. The fourth-order valence-electron chi connectivity index (χ4n) is 2.63. The van der Waals surface area contributed by atoms with Gasteiger partial charge in [0.1, 0.15) is 5.82 Å². The maximum atomic E-state index is 6.19. The molecule has 0 aromatic carbocycles. The molecule has 3 aromatic rings. The first-order valence-corrected chi connectivity index (χ1v) is 9.39. The highest BCUT2D eigenvalue weighted by Crippen LogP contribution is 2.40. The maximum absolute atomic E-state index is 6.19. The molecule has 3 aromatic heterocycles. The third-order valence-electron chi connectivity index (χ3n) is 3.87. The summed E-state index contributed by atoms with van der Waals surface area (Å²) >= 11 is 13.8. The number of aromatic nitrogens is 5. The summed E-state index contributed by atoms with van der Waals surface area (Å²) in [6.07, 6.45) is 8.02. The molecule has 1 fully saturated rings. The molecule has 0 unspecified atom stereocenters. The Bertz CT molecular complexity index is 913. The van der Waals surface area contributed by atoms with E-state index in [1.807, 2.05) is 16.7 Å². The van der Waals surface area contributed by atoms with E-state index in [-0.39, 0.29) is 0 Å². The molecule has 0 saturated heterocycles. The summed E-state index contributed by atoms with van der Waals surface area (Å²) in [7, 11) is 0. The standard InChI is InChI=1S/C16H15Cl2N5S/c1-2-5-23-14(10-3-4-10)20-21-16(23)24-9-12-8-22-7-11(17)6-13(18)15(22)19-12/h2,6-8,10H,1,3-5,9H2. The van der Waals surface area contributed by atoms with Gasteiger partial charge in [-0.05, 0) is 18.9 Å². The van der Waals surface area contributed by atoms with Crippen LogP contribution in [0.3, 0.4) is 0 Å². The zero-order chi connectivity index (χ0) is 16.7. The highest BCUT2D eigenvalue weighted by molar-refractivity contribution is 7.98. The van der Waals surface area contributed by atoms with Crippen LogP contribution in [0.15, 0.2) is 36.3 Å². The third-order valence-corrected chi connectivity index (χ3v) is 5.36. The van der Waals surface area contributed by atoms with E-state index < -0.39 is 0 Å². The van der Waals surface area contributed by atoms with Gasteiger partial charge in [0.2, 0.25) is 0 Å². The van der Waals surface area contributed by atoms with Crippen molar-refractivity contribution in [3.8, 4) is 0 Å². The number of halogens is 2. The summed E-state index contributed by atoms with van der Waals surface area (Å²) in [4.78, 5) is 4.57. The van der Waals surface area contributed by atoms with Crippen LogP contribution in [0.1, 0.15) is 30.3 Å². The van der Waals surface area contributed by atoms with Gasteiger partial charge in [0.15, 0.2) is 10.8 Å². The molecule has 1 saturated carbocycles. The molecule has 0 bridgehead atoms. The molecule has 5 nitrogen and oxygen atoms in total. The average molecular weight is 380 g/mol. The molecule has 0 atom stereocenters. The fourth-order valence-corrected chi connectivity index (χ4v) is 4.00. The number of hydrogen-bond donors (Lipinski definition) is 0. The van der Waals surface area contributed by atoms with E-state index in [0.717, 1.165) is 23.2 Å². The Balaban J connectivity index is 1.56. The van der Waals surface area contributed by atoms with Gasteiger partial charge in [0.25, 0.3) is 0 Å². The van der Waals surface area contributed by atoms with E-state index in [0.29, 0.717) is 27.4 Å². The number of hydrogen-bond acceptors (Lipinski definition) is 4. The molecule has 1 aliphatic rings. The summed E-state index contributed by atoms with van der Waals surface area (Å²) in [5, 5.41) is 10.7. The summed E-state index contributed by atoms with van der Waals surface area (Å²) in [5.74, 6) is 2.32. The number of allylic oxidation sites excluding steroid dienone is 1. The Kier molecular flexibility index (Phi) is 4.28. The monoisotopic (exact) mass is 379 g/mol. The molecule has 24 heavy (non-hydrogen) atoms. The van der Waals surface area contributed by atoms with Crippen molar-refractivity contribution < 1.29 is 0 Å². The molecular formula is C16H15Cl2N5S. The maximum Gasteiger partial charge on any atom is 0.191 e. The Labute approximate surface area is 153 Å². The van der Waals surface area contributed by atoms with Gasteiger partial charge in [0.05, 0.1) is 15.7 Å². The molecule has 8 heteroatoms. The van der Waals surface area contributed by atoms with Crippen LogP contribution in [0.2, 0.25) is 10.0 Å². The number of rotatable bonds is 6. The molecule has 0 spiro atoms. The molecule has 0 aliphatic heterocycles. The first-order chi connectivity index (χ1) is 11.7. The smallest absolute Gasteiger partial charge is 0.191 e. The SMILES string of the molecule is C=CCn1c(SCc2cn3cc(Cl)cc(Cl)c3n2)nnc1C1CC1. The van der Waals surface area contributed by atoms with Crippen molar-refractivity contribution in [3.63, 3.8) is 0 Å². The van der Waals surface area contributed by atoms with Gasteiger partial charge >= 0.3 is 0 Å². The Morgan fingerprint density at radius 1 is 1.29 bits per heavy atom. The zero-order valence-corrected chi connectivity index (χ0v) is 15.2.